The maximum atomic E-state index is 13.1. The Morgan fingerprint density at radius 2 is 1.96 bits per heavy atom. The van der Waals surface area contributed by atoms with Gasteiger partial charge in [0.2, 0.25) is 10.0 Å². The van der Waals surface area contributed by atoms with Gasteiger partial charge in [-0.15, -0.1) is 0 Å². The summed E-state index contributed by atoms with van der Waals surface area (Å²) < 4.78 is 66.2. The first-order valence-corrected chi connectivity index (χ1v) is 9.95. The Morgan fingerprint density at radius 3 is 2.61 bits per heavy atom. The fourth-order valence-corrected chi connectivity index (χ4v) is 4.77. The lowest BCUT2D eigenvalue weighted by Gasteiger charge is -2.22. The van der Waals surface area contributed by atoms with Crippen molar-refractivity contribution in [3.63, 3.8) is 0 Å². The number of halogens is 3. The Hall–Kier alpha value is -2.40. The molecule has 28 heavy (non-hydrogen) atoms. The SMILES string of the molecule is CC(C)CN1Cc2c(C(=O)NCC(F)(F)F)ncn2-c2ccccc2S1(=O)=O. The summed E-state index contributed by atoms with van der Waals surface area (Å²) in [6.45, 7) is 2.21. The van der Waals surface area contributed by atoms with Gasteiger partial charge in [0.05, 0.1) is 17.9 Å². The van der Waals surface area contributed by atoms with Crippen molar-refractivity contribution in [1.82, 2.24) is 19.2 Å². The molecule has 1 aliphatic rings. The second-order valence-corrected chi connectivity index (χ2v) is 8.77. The molecule has 0 unspecified atom stereocenters. The number of para-hydroxylation sites is 1. The Balaban J connectivity index is 2.10. The molecule has 152 valence electrons. The van der Waals surface area contributed by atoms with Gasteiger partial charge < -0.3 is 5.32 Å². The van der Waals surface area contributed by atoms with Crippen LogP contribution in [0.5, 0.6) is 0 Å². The predicted octanol–water partition coefficient (Wildman–Crippen LogP) is 2.32. The highest BCUT2D eigenvalue weighted by Crippen LogP contribution is 2.31. The van der Waals surface area contributed by atoms with Gasteiger partial charge in [-0.2, -0.15) is 17.5 Å². The van der Waals surface area contributed by atoms with Gasteiger partial charge in [0.15, 0.2) is 5.69 Å². The van der Waals surface area contributed by atoms with E-state index in [0.717, 1.165) is 0 Å². The molecule has 0 bridgehead atoms. The number of carbonyl (C=O) groups is 1. The van der Waals surface area contributed by atoms with Crippen molar-refractivity contribution in [2.45, 2.75) is 31.5 Å². The molecule has 1 aromatic carbocycles. The first-order valence-electron chi connectivity index (χ1n) is 8.51. The Kier molecular flexibility index (Phi) is 5.24. The van der Waals surface area contributed by atoms with Crippen LogP contribution in [0, 0.1) is 5.92 Å². The average Bonchev–Trinajstić information content (AvgIpc) is 2.98. The van der Waals surface area contributed by atoms with Crippen LogP contribution < -0.4 is 5.32 Å². The van der Waals surface area contributed by atoms with Gasteiger partial charge in [0.25, 0.3) is 5.91 Å². The van der Waals surface area contributed by atoms with Gasteiger partial charge in [0, 0.05) is 6.54 Å². The van der Waals surface area contributed by atoms with Gasteiger partial charge in [0.1, 0.15) is 17.8 Å². The van der Waals surface area contributed by atoms with Gasteiger partial charge >= 0.3 is 6.18 Å². The molecule has 0 saturated heterocycles. The quantitative estimate of drug-likeness (QED) is 0.829. The molecule has 2 heterocycles. The molecule has 0 fully saturated rings. The summed E-state index contributed by atoms with van der Waals surface area (Å²) in [5, 5.41) is 1.79. The molecule has 0 radical (unpaired) electrons. The minimum atomic E-state index is -4.56. The first kappa shape index (κ1) is 20.3. The summed E-state index contributed by atoms with van der Waals surface area (Å²) in [5.41, 5.74) is 0.282. The molecule has 1 N–H and O–H groups in total. The molecule has 0 aliphatic carbocycles. The summed E-state index contributed by atoms with van der Waals surface area (Å²) in [5.74, 6) is -1.01. The van der Waals surface area contributed by atoms with Crippen LogP contribution in [0.4, 0.5) is 13.2 Å². The zero-order valence-corrected chi connectivity index (χ0v) is 16.0. The zero-order valence-electron chi connectivity index (χ0n) is 15.2. The second-order valence-electron chi connectivity index (χ2n) is 6.87. The number of nitrogens with one attached hydrogen (secondary N) is 1. The highest BCUT2D eigenvalue weighted by atomic mass is 32.2. The molecule has 0 atom stereocenters. The fourth-order valence-electron chi connectivity index (χ4n) is 3.02. The van der Waals surface area contributed by atoms with Crippen molar-refractivity contribution in [3.8, 4) is 5.69 Å². The molecule has 1 amide bonds. The lowest BCUT2D eigenvalue weighted by Crippen LogP contribution is -2.36. The number of hydrogen-bond acceptors (Lipinski definition) is 4. The number of aromatic nitrogens is 2. The summed E-state index contributed by atoms with van der Waals surface area (Å²) >= 11 is 0. The molecule has 0 saturated carbocycles. The van der Waals surface area contributed by atoms with E-state index in [4.69, 9.17) is 0 Å². The normalized spacial score (nSPS) is 16.4. The van der Waals surface area contributed by atoms with Crippen LogP contribution in [0.15, 0.2) is 35.5 Å². The predicted molar refractivity (Wildman–Crippen MR) is 94.4 cm³/mol. The first-order chi connectivity index (χ1) is 13.0. The number of amides is 1. The summed E-state index contributed by atoms with van der Waals surface area (Å²) in [6, 6.07) is 6.24. The minimum Gasteiger partial charge on any atom is -0.342 e. The Labute approximate surface area is 160 Å². The minimum absolute atomic E-state index is 0.00100. The molecular weight excluding hydrogens is 397 g/mol. The van der Waals surface area contributed by atoms with E-state index in [9.17, 15) is 26.4 Å². The van der Waals surface area contributed by atoms with E-state index in [-0.39, 0.29) is 35.3 Å². The summed E-state index contributed by atoms with van der Waals surface area (Å²) in [7, 11) is -3.86. The third-order valence-corrected chi connectivity index (χ3v) is 6.03. The second kappa shape index (κ2) is 7.21. The largest absolute Gasteiger partial charge is 0.405 e. The van der Waals surface area contributed by atoms with E-state index in [0.29, 0.717) is 5.69 Å². The van der Waals surface area contributed by atoms with E-state index in [2.05, 4.69) is 4.98 Å². The fraction of sp³-hybridized carbons (Fsp3) is 0.412. The Bertz CT molecular complexity index is 999. The number of hydrogen-bond donors (Lipinski definition) is 1. The van der Waals surface area contributed by atoms with E-state index >= 15 is 0 Å². The number of imidazole rings is 1. The van der Waals surface area contributed by atoms with E-state index < -0.39 is 28.7 Å². The monoisotopic (exact) mass is 416 g/mol. The highest BCUT2D eigenvalue weighted by Gasteiger charge is 2.35. The van der Waals surface area contributed by atoms with E-state index in [1.165, 1.54) is 21.3 Å². The van der Waals surface area contributed by atoms with Gasteiger partial charge in [-0.1, -0.05) is 26.0 Å². The standard InChI is InChI=1S/C17H19F3N4O3S/c1-11(2)7-23-8-13-15(16(25)21-9-17(18,19)20)22-10-24(13)12-5-3-4-6-14(12)28(23,26)27/h3-6,10-11H,7-9H2,1-2H3,(H,21,25). The lowest BCUT2D eigenvalue weighted by molar-refractivity contribution is -0.123. The third kappa shape index (κ3) is 3.90. The topological polar surface area (TPSA) is 84.3 Å². The van der Waals surface area contributed by atoms with Crippen molar-refractivity contribution >= 4 is 15.9 Å². The van der Waals surface area contributed by atoms with Crippen LogP contribution >= 0.6 is 0 Å². The van der Waals surface area contributed by atoms with Crippen molar-refractivity contribution in [1.29, 1.82) is 0 Å². The van der Waals surface area contributed by atoms with Crippen LogP contribution in [0.3, 0.4) is 0 Å². The van der Waals surface area contributed by atoms with Crippen molar-refractivity contribution in [2.24, 2.45) is 5.92 Å². The number of alkyl halides is 3. The third-order valence-electron chi connectivity index (χ3n) is 4.17. The summed E-state index contributed by atoms with van der Waals surface area (Å²) in [6.07, 6.45) is -3.31. The van der Waals surface area contributed by atoms with Crippen LogP contribution in [0.2, 0.25) is 0 Å². The molecule has 1 aromatic heterocycles. The number of fused-ring (bicyclic) bond motifs is 3. The highest BCUT2D eigenvalue weighted by molar-refractivity contribution is 7.89. The number of sulfonamides is 1. The van der Waals surface area contributed by atoms with Gasteiger partial charge in [-0.3, -0.25) is 9.36 Å². The number of benzene rings is 1. The van der Waals surface area contributed by atoms with E-state index in [1.54, 1.807) is 23.5 Å². The molecule has 11 heteroatoms. The molecule has 0 spiro atoms. The average molecular weight is 416 g/mol. The molecule has 1 aliphatic heterocycles. The molecule has 2 aromatic rings. The van der Waals surface area contributed by atoms with Crippen LogP contribution in [-0.4, -0.2) is 47.4 Å². The summed E-state index contributed by atoms with van der Waals surface area (Å²) in [4.78, 5) is 16.3. The zero-order chi connectivity index (χ0) is 20.7. The van der Waals surface area contributed by atoms with Crippen LogP contribution in [0.1, 0.15) is 30.0 Å². The molecule has 3 rings (SSSR count). The number of nitrogens with zero attached hydrogens (tertiary/aromatic N) is 3. The maximum Gasteiger partial charge on any atom is 0.405 e. The molecular formula is C17H19F3N4O3S. The van der Waals surface area contributed by atoms with Crippen LogP contribution in [-0.2, 0) is 16.6 Å². The van der Waals surface area contributed by atoms with Gasteiger partial charge in [-0.05, 0) is 18.1 Å². The van der Waals surface area contributed by atoms with Crippen LogP contribution in [0.25, 0.3) is 5.69 Å². The lowest BCUT2D eigenvalue weighted by atomic mass is 10.2. The van der Waals surface area contributed by atoms with Crippen molar-refractivity contribution in [2.75, 3.05) is 13.1 Å². The molecule has 7 nitrogen and oxygen atoms in total. The van der Waals surface area contributed by atoms with Gasteiger partial charge in [-0.25, -0.2) is 13.4 Å². The number of carbonyl (C=O) groups excluding carboxylic acids is 1. The van der Waals surface area contributed by atoms with E-state index in [1.807, 2.05) is 13.8 Å². The Morgan fingerprint density at radius 1 is 1.29 bits per heavy atom. The van der Waals surface area contributed by atoms with Crippen molar-refractivity contribution < 1.29 is 26.4 Å². The number of rotatable bonds is 4. The maximum absolute atomic E-state index is 13.1. The van der Waals surface area contributed by atoms with Crippen molar-refractivity contribution in [3.05, 3.63) is 42.0 Å². The smallest absolute Gasteiger partial charge is 0.342 e.